The summed E-state index contributed by atoms with van der Waals surface area (Å²) < 4.78 is 13.1. The Balaban J connectivity index is 1.31. The molecule has 3 heterocycles. The summed E-state index contributed by atoms with van der Waals surface area (Å²) in [5, 5.41) is 2.11. The van der Waals surface area contributed by atoms with E-state index in [2.05, 4.69) is 27.3 Å². The molecule has 0 N–H and O–H groups in total. The Kier molecular flexibility index (Phi) is 5.22. The van der Waals surface area contributed by atoms with Gasteiger partial charge in [0.15, 0.2) is 0 Å². The number of carbonyl (C=O) groups excluding carboxylic acids is 1. The molecule has 1 aromatic carbocycles. The molecule has 26 heavy (non-hydrogen) atoms. The van der Waals surface area contributed by atoms with Crippen LogP contribution in [-0.4, -0.2) is 55.0 Å². The molecule has 1 amide bonds. The van der Waals surface area contributed by atoms with Crippen molar-refractivity contribution in [2.24, 2.45) is 0 Å². The minimum atomic E-state index is -0.214. The van der Waals surface area contributed by atoms with Crippen molar-refractivity contribution in [2.75, 3.05) is 44.2 Å². The van der Waals surface area contributed by atoms with Gasteiger partial charge in [0.2, 0.25) is 5.91 Å². The average Bonchev–Trinajstić information content (AvgIpc) is 3.34. The molecule has 0 unspecified atom stereocenters. The quantitative estimate of drug-likeness (QED) is 0.822. The second-order valence-electron chi connectivity index (χ2n) is 6.99. The summed E-state index contributed by atoms with van der Waals surface area (Å²) in [5.74, 6) is 0.0145. The van der Waals surface area contributed by atoms with E-state index in [0.717, 1.165) is 51.3 Å². The fraction of sp³-hybridized carbons (Fsp3) is 0.450. The van der Waals surface area contributed by atoms with Gasteiger partial charge >= 0.3 is 0 Å². The topological polar surface area (TPSA) is 26.8 Å². The number of rotatable bonds is 4. The van der Waals surface area contributed by atoms with Gasteiger partial charge in [0.1, 0.15) is 5.82 Å². The van der Waals surface area contributed by atoms with Crippen molar-refractivity contribution in [3.8, 4) is 0 Å². The lowest BCUT2D eigenvalue weighted by atomic mass is 10.2. The second-order valence-corrected chi connectivity index (χ2v) is 7.97. The molecule has 0 bridgehead atoms. The predicted octanol–water partition coefficient (Wildman–Crippen LogP) is 3.37. The van der Waals surface area contributed by atoms with E-state index in [0.29, 0.717) is 12.6 Å². The van der Waals surface area contributed by atoms with Gasteiger partial charge in [-0.3, -0.25) is 9.69 Å². The van der Waals surface area contributed by atoms with E-state index in [1.165, 1.54) is 17.0 Å². The van der Waals surface area contributed by atoms with Crippen molar-refractivity contribution in [3.63, 3.8) is 0 Å². The first kappa shape index (κ1) is 17.5. The normalized spacial score (nSPS) is 21.3. The first-order chi connectivity index (χ1) is 12.7. The van der Waals surface area contributed by atoms with Gasteiger partial charge in [-0.25, -0.2) is 4.39 Å². The van der Waals surface area contributed by atoms with Crippen LogP contribution in [0.5, 0.6) is 0 Å². The number of anilines is 1. The number of benzene rings is 1. The summed E-state index contributed by atoms with van der Waals surface area (Å²) in [7, 11) is 0. The third-order valence-electron chi connectivity index (χ3n) is 5.40. The molecular formula is C20H24FN3OS. The summed E-state index contributed by atoms with van der Waals surface area (Å²) in [5.41, 5.74) is 1.02. The summed E-state index contributed by atoms with van der Waals surface area (Å²) in [6.07, 6.45) is 2.31. The highest BCUT2D eigenvalue weighted by Gasteiger charge is 2.30. The van der Waals surface area contributed by atoms with Gasteiger partial charge in [-0.05, 0) is 55.1 Å². The van der Waals surface area contributed by atoms with Crippen LogP contribution in [0.25, 0.3) is 0 Å². The number of thiophene rings is 1. The number of nitrogens with zero attached hydrogens (tertiary/aromatic N) is 3. The van der Waals surface area contributed by atoms with Crippen LogP contribution in [0.4, 0.5) is 10.1 Å². The zero-order chi connectivity index (χ0) is 17.9. The van der Waals surface area contributed by atoms with Crippen molar-refractivity contribution in [1.29, 1.82) is 0 Å². The first-order valence-electron chi connectivity index (χ1n) is 9.26. The van der Waals surface area contributed by atoms with Crippen LogP contribution in [0.2, 0.25) is 0 Å². The minimum Gasteiger partial charge on any atom is -0.368 e. The van der Waals surface area contributed by atoms with Crippen molar-refractivity contribution in [3.05, 3.63) is 52.5 Å². The Morgan fingerprint density at radius 2 is 1.85 bits per heavy atom. The summed E-state index contributed by atoms with van der Waals surface area (Å²) in [6, 6.07) is 11.3. The van der Waals surface area contributed by atoms with Crippen molar-refractivity contribution < 1.29 is 9.18 Å². The van der Waals surface area contributed by atoms with Crippen molar-refractivity contribution in [2.45, 2.75) is 18.9 Å². The van der Waals surface area contributed by atoms with E-state index in [9.17, 15) is 9.18 Å². The molecule has 2 aliphatic rings. The Labute approximate surface area is 157 Å². The van der Waals surface area contributed by atoms with E-state index in [1.807, 2.05) is 17.0 Å². The van der Waals surface area contributed by atoms with Gasteiger partial charge in [-0.2, -0.15) is 0 Å². The maximum Gasteiger partial charge on any atom is 0.236 e. The Morgan fingerprint density at radius 1 is 1.08 bits per heavy atom. The molecular weight excluding hydrogens is 349 g/mol. The molecule has 2 saturated heterocycles. The van der Waals surface area contributed by atoms with E-state index in [-0.39, 0.29) is 11.7 Å². The SMILES string of the molecule is O=C(CN1CCC[C@H]1c1cccs1)N1CCN(c2ccc(F)cc2)CC1. The van der Waals surface area contributed by atoms with Crippen LogP contribution in [0.1, 0.15) is 23.8 Å². The van der Waals surface area contributed by atoms with Crippen LogP contribution >= 0.6 is 11.3 Å². The van der Waals surface area contributed by atoms with Gasteiger partial charge in [0.05, 0.1) is 6.54 Å². The lowest BCUT2D eigenvalue weighted by molar-refractivity contribution is -0.133. The number of carbonyl (C=O) groups is 1. The standard InChI is InChI=1S/C20H24FN3OS/c21-16-5-7-17(8-6-16)22-10-12-23(13-11-22)20(25)15-24-9-1-3-18(24)19-4-2-14-26-19/h2,4-8,14,18H,1,3,9-13,15H2/t18-/m0/s1. The number of likely N-dealkylation sites (tertiary alicyclic amines) is 1. The number of hydrogen-bond donors (Lipinski definition) is 0. The summed E-state index contributed by atoms with van der Waals surface area (Å²) >= 11 is 1.79. The van der Waals surface area contributed by atoms with Crippen LogP contribution in [0.15, 0.2) is 41.8 Å². The van der Waals surface area contributed by atoms with Gasteiger partial charge in [-0.15, -0.1) is 11.3 Å². The highest BCUT2D eigenvalue weighted by atomic mass is 32.1. The van der Waals surface area contributed by atoms with E-state index < -0.39 is 0 Å². The average molecular weight is 373 g/mol. The molecule has 138 valence electrons. The molecule has 0 saturated carbocycles. The molecule has 2 fully saturated rings. The number of halogens is 1. The highest BCUT2D eigenvalue weighted by molar-refractivity contribution is 7.10. The number of amides is 1. The van der Waals surface area contributed by atoms with Crippen LogP contribution in [0, 0.1) is 5.82 Å². The molecule has 0 radical (unpaired) electrons. The maximum absolute atomic E-state index is 13.1. The summed E-state index contributed by atoms with van der Waals surface area (Å²) in [6.45, 7) is 4.57. The molecule has 4 rings (SSSR count). The Morgan fingerprint density at radius 3 is 2.54 bits per heavy atom. The lowest BCUT2D eigenvalue weighted by Gasteiger charge is -2.37. The smallest absolute Gasteiger partial charge is 0.236 e. The predicted molar refractivity (Wildman–Crippen MR) is 103 cm³/mol. The van der Waals surface area contributed by atoms with E-state index in [1.54, 1.807) is 11.3 Å². The van der Waals surface area contributed by atoms with Gasteiger partial charge < -0.3 is 9.80 Å². The first-order valence-corrected chi connectivity index (χ1v) is 10.1. The van der Waals surface area contributed by atoms with Gasteiger partial charge in [0, 0.05) is 42.8 Å². The maximum atomic E-state index is 13.1. The van der Waals surface area contributed by atoms with Crippen LogP contribution in [-0.2, 0) is 4.79 Å². The number of hydrogen-bond acceptors (Lipinski definition) is 4. The molecule has 1 aromatic heterocycles. The molecule has 1 atom stereocenters. The third kappa shape index (κ3) is 3.76. The monoisotopic (exact) mass is 373 g/mol. The molecule has 6 heteroatoms. The zero-order valence-corrected chi connectivity index (χ0v) is 15.6. The van der Waals surface area contributed by atoms with Crippen LogP contribution in [0.3, 0.4) is 0 Å². The third-order valence-corrected chi connectivity index (χ3v) is 6.37. The largest absolute Gasteiger partial charge is 0.368 e. The highest BCUT2D eigenvalue weighted by Crippen LogP contribution is 2.34. The Bertz CT molecular complexity index is 726. The molecule has 0 aliphatic carbocycles. The van der Waals surface area contributed by atoms with Gasteiger partial charge in [0.25, 0.3) is 0 Å². The van der Waals surface area contributed by atoms with Crippen LogP contribution < -0.4 is 4.90 Å². The van der Waals surface area contributed by atoms with Crippen molar-refractivity contribution in [1.82, 2.24) is 9.80 Å². The molecule has 2 aromatic rings. The zero-order valence-electron chi connectivity index (χ0n) is 14.8. The van der Waals surface area contributed by atoms with E-state index >= 15 is 0 Å². The van der Waals surface area contributed by atoms with Gasteiger partial charge in [-0.1, -0.05) is 6.07 Å². The van der Waals surface area contributed by atoms with E-state index in [4.69, 9.17) is 0 Å². The Hall–Kier alpha value is -1.92. The second kappa shape index (κ2) is 7.76. The lowest BCUT2D eigenvalue weighted by Crippen LogP contribution is -2.51. The molecule has 2 aliphatic heterocycles. The summed E-state index contributed by atoms with van der Waals surface area (Å²) in [4.78, 5) is 20.7. The van der Waals surface area contributed by atoms with Crippen molar-refractivity contribution >= 4 is 22.9 Å². The minimum absolute atomic E-state index is 0.214. The number of piperazine rings is 1. The molecule has 0 spiro atoms. The fourth-order valence-electron chi connectivity index (χ4n) is 3.96. The molecule has 4 nitrogen and oxygen atoms in total. The fourth-order valence-corrected chi connectivity index (χ4v) is 4.85.